The van der Waals surface area contributed by atoms with Gasteiger partial charge in [0.1, 0.15) is 17.3 Å². The third-order valence-electron chi connectivity index (χ3n) is 2.66. The van der Waals surface area contributed by atoms with Crippen LogP contribution in [0.3, 0.4) is 0 Å². The average molecular weight is 290 g/mol. The number of aromatic carboxylic acids is 1. The van der Waals surface area contributed by atoms with Gasteiger partial charge in [0.05, 0.1) is 18.4 Å². The lowest BCUT2D eigenvalue weighted by atomic mass is 10.2. The third kappa shape index (κ3) is 3.14. The second-order valence-corrected chi connectivity index (χ2v) is 4.00. The number of amides is 1. The number of carboxylic acids is 1. The smallest absolute Gasteiger partial charge is 0.338 e. The van der Waals surface area contributed by atoms with Crippen LogP contribution in [-0.2, 0) is 0 Å². The summed E-state index contributed by atoms with van der Waals surface area (Å²) in [6, 6.07) is 6.25. The molecule has 0 bridgehead atoms. The Morgan fingerprint density at radius 2 is 2.10 bits per heavy atom. The molecule has 21 heavy (non-hydrogen) atoms. The number of pyridine rings is 1. The normalized spacial score (nSPS) is 10.0. The molecule has 0 aliphatic carbocycles. The van der Waals surface area contributed by atoms with Crippen LogP contribution in [0.1, 0.15) is 20.8 Å². The van der Waals surface area contributed by atoms with Gasteiger partial charge in [-0.2, -0.15) is 0 Å². The molecule has 0 fully saturated rings. The van der Waals surface area contributed by atoms with E-state index in [4.69, 9.17) is 9.84 Å². The quantitative estimate of drug-likeness (QED) is 0.901. The third-order valence-corrected chi connectivity index (χ3v) is 2.66. The van der Waals surface area contributed by atoms with Crippen molar-refractivity contribution in [3.8, 4) is 5.75 Å². The number of nitrogens with one attached hydrogen (secondary N) is 1. The predicted octanol–water partition coefficient (Wildman–Crippen LogP) is 2.18. The summed E-state index contributed by atoms with van der Waals surface area (Å²) in [6.45, 7) is 0. The zero-order valence-electron chi connectivity index (χ0n) is 11.0. The van der Waals surface area contributed by atoms with E-state index in [0.29, 0.717) is 0 Å². The molecule has 1 aromatic carbocycles. The number of benzene rings is 1. The van der Waals surface area contributed by atoms with Crippen molar-refractivity contribution in [1.82, 2.24) is 4.98 Å². The highest BCUT2D eigenvalue weighted by atomic mass is 19.1. The summed E-state index contributed by atoms with van der Waals surface area (Å²) < 4.78 is 18.0. The summed E-state index contributed by atoms with van der Waals surface area (Å²) in [7, 11) is 1.33. The van der Waals surface area contributed by atoms with Crippen molar-refractivity contribution >= 4 is 17.6 Å². The van der Waals surface area contributed by atoms with Gasteiger partial charge >= 0.3 is 5.97 Å². The van der Waals surface area contributed by atoms with Gasteiger partial charge in [0, 0.05) is 12.3 Å². The Morgan fingerprint density at radius 1 is 1.33 bits per heavy atom. The number of carbonyl (C=O) groups is 2. The predicted molar refractivity (Wildman–Crippen MR) is 72.1 cm³/mol. The summed E-state index contributed by atoms with van der Waals surface area (Å²) in [5.41, 5.74) is -0.252. The molecule has 0 unspecified atom stereocenters. The molecule has 2 aromatic rings. The molecular formula is C14H11FN2O4. The van der Waals surface area contributed by atoms with Gasteiger partial charge in [-0.1, -0.05) is 0 Å². The standard InChI is InChI=1S/C14H11FN2O4/c1-21-11-7-8(15)4-5-10(11)17-13(18)12-9(14(19)20)3-2-6-16-12/h2-7H,1H3,(H,17,18)(H,19,20). The summed E-state index contributed by atoms with van der Waals surface area (Å²) in [6.07, 6.45) is 1.31. The highest BCUT2D eigenvalue weighted by Gasteiger charge is 2.18. The fraction of sp³-hybridized carbons (Fsp3) is 0.0714. The van der Waals surface area contributed by atoms with Crippen LogP contribution in [0.4, 0.5) is 10.1 Å². The van der Waals surface area contributed by atoms with Crippen molar-refractivity contribution in [2.75, 3.05) is 12.4 Å². The Morgan fingerprint density at radius 3 is 2.76 bits per heavy atom. The number of carbonyl (C=O) groups excluding carboxylic acids is 1. The van der Waals surface area contributed by atoms with E-state index in [1.54, 1.807) is 0 Å². The molecule has 108 valence electrons. The SMILES string of the molecule is COc1cc(F)ccc1NC(=O)c1ncccc1C(=O)O. The number of anilines is 1. The number of ether oxygens (including phenoxy) is 1. The van der Waals surface area contributed by atoms with Gasteiger partial charge in [0.2, 0.25) is 0 Å². The molecule has 7 heteroatoms. The molecule has 0 saturated heterocycles. The van der Waals surface area contributed by atoms with E-state index in [0.717, 1.165) is 12.1 Å². The van der Waals surface area contributed by atoms with Gasteiger partial charge in [0.15, 0.2) is 0 Å². The highest BCUT2D eigenvalue weighted by molar-refractivity contribution is 6.09. The molecule has 1 heterocycles. The fourth-order valence-corrected chi connectivity index (χ4v) is 1.71. The van der Waals surface area contributed by atoms with E-state index in [2.05, 4.69) is 10.3 Å². The number of halogens is 1. The van der Waals surface area contributed by atoms with Crippen LogP contribution in [-0.4, -0.2) is 29.1 Å². The molecule has 0 aliphatic heterocycles. The van der Waals surface area contributed by atoms with Gasteiger partial charge in [0.25, 0.3) is 5.91 Å². The van der Waals surface area contributed by atoms with E-state index in [-0.39, 0.29) is 22.7 Å². The maximum atomic E-state index is 13.1. The summed E-state index contributed by atoms with van der Waals surface area (Å²) >= 11 is 0. The number of methoxy groups -OCH3 is 1. The molecule has 0 atom stereocenters. The molecule has 1 amide bonds. The lowest BCUT2D eigenvalue weighted by Crippen LogP contribution is -2.18. The Kier molecular flexibility index (Phi) is 4.13. The fourth-order valence-electron chi connectivity index (χ4n) is 1.71. The zero-order chi connectivity index (χ0) is 15.4. The number of rotatable bonds is 4. The highest BCUT2D eigenvalue weighted by Crippen LogP contribution is 2.25. The maximum absolute atomic E-state index is 13.1. The number of carboxylic acid groups (broad SMARTS) is 1. The topological polar surface area (TPSA) is 88.5 Å². The van der Waals surface area contributed by atoms with E-state index < -0.39 is 17.7 Å². The van der Waals surface area contributed by atoms with Gasteiger partial charge < -0.3 is 15.2 Å². The van der Waals surface area contributed by atoms with Gasteiger partial charge in [-0.05, 0) is 24.3 Å². The van der Waals surface area contributed by atoms with Crippen molar-refractivity contribution in [1.29, 1.82) is 0 Å². The lowest BCUT2D eigenvalue weighted by Gasteiger charge is -2.10. The Hall–Kier alpha value is -2.96. The van der Waals surface area contributed by atoms with E-state index in [9.17, 15) is 14.0 Å². The average Bonchev–Trinajstić information content (AvgIpc) is 2.48. The van der Waals surface area contributed by atoms with Crippen LogP contribution in [0.15, 0.2) is 36.5 Å². The monoisotopic (exact) mass is 290 g/mol. The van der Waals surface area contributed by atoms with Crippen molar-refractivity contribution in [3.05, 3.63) is 53.6 Å². The van der Waals surface area contributed by atoms with Crippen LogP contribution < -0.4 is 10.1 Å². The summed E-state index contributed by atoms with van der Waals surface area (Å²) in [4.78, 5) is 26.9. The van der Waals surface area contributed by atoms with Crippen LogP contribution in [0.25, 0.3) is 0 Å². The molecule has 6 nitrogen and oxygen atoms in total. The molecule has 2 rings (SSSR count). The Balaban J connectivity index is 2.33. The van der Waals surface area contributed by atoms with Crippen LogP contribution in [0, 0.1) is 5.82 Å². The molecule has 0 saturated carbocycles. The molecule has 0 spiro atoms. The molecule has 0 radical (unpaired) electrons. The van der Waals surface area contributed by atoms with E-state index in [1.807, 2.05) is 0 Å². The van der Waals surface area contributed by atoms with E-state index >= 15 is 0 Å². The largest absolute Gasteiger partial charge is 0.494 e. The first-order chi connectivity index (χ1) is 10.0. The number of hydrogen-bond acceptors (Lipinski definition) is 4. The minimum Gasteiger partial charge on any atom is -0.494 e. The number of hydrogen-bond donors (Lipinski definition) is 2. The van der Waals surface area contributed by atoms with Crippen LogP contribution in [0.5, 0.6) is 5.75 Å². The second kappa shape index (κ2) is 6.00. The number of aromatic nitrogens is 1. The minimum atomic E-state index is -1.26. The first-order valence-corrected chi connectivity index (χ1v) is 5.86. The first-order valence-electron chi connectivity index (χ1n) is 5.86. The second-order valence-electron chi connectivity index (χ2n) is 4.00. The first kappa shape index (κ1) is 14.4. The zero-order valence-corrected chi connectivity index (χ0v) is 11.0. The van der Waals surface area contributed by atoms with Crippen molar-refractivity contribution in [2.45, 2.75) is 0 Å². The minimum absolute atomic E-state index is 0.121. The molecule has 0 aliphatic rings. The van der Waals surface area contributed by atoms with Crippen LogP contribution in [0.2, 0.25) is 0 Å². The molecule has 2 N–H and O–H groups in total. The Labute approximate surface area is 119 Å². The molecule has 1 aromatic heterocycles. The van der Waals surface area contributed by atoms with E-state index in [1.165, 1.54) is 31.5 Å². The summed E-state index contributed by atoms with van der Waals surface area (Å²) in [5.74, 6) is -2.39. The molecular weight excluding hydrogens is 279 g/mol. The van der Waals surface area contributed by atoms with Crippen molar-refractivity contribution in [3.63, 3.8) is 0 Å². The van der Waals surface area contributed by atoms with Gasteiger partial charge in [-0.15, -0.1) is 0 Å². The summed E-state index contributed by atoms with van der Waals surface area (Å²) in [5, 5.41) is 11.5. The lowest BCUT2D eigenvalue weighted by molar-refractivity contribution is 0.0691. The van der Waals surface area contributed by atoms with Crippen molar-refractivity contribution in [2.24, 2.45) is 0 Å². The van der Waals surface area contributed by atoms with Crippen molar-refractivity contribution < 1.29 is 23.8 Å². The number of nitrogens with zero attached hydrogens (tertiary/aromatic N) is 1. The van der Waals surface area contributed by atoms with Crippen LogP contribution >= 0.6 is 0 Å². The van der Waals surface area contributed by atoms with Gasteiger partial charge in [-0.25, -0.2) is 9.18 Å². The Bertz CT molecular complexity index is 703. The maximum Gasteiger partial charge on any atom is 0.338 e. The van der Waals surface area contributed by atoms with Gasteiger partial charge in [-0.3, -0.25) is 9.78 Å².